The van der Waals surface area contributed by atoms with E-state index >= 15 is 0 Å². The second-order valence-electron chi connectivity index (χ2n) is 2.93. The third-order valence-electron chi connectivity index (χ3n) is 1.65. The molecule has 6 heteroatoms. The lowest BCUT2D eigenvalue weighted by Gasteiger charge is -2.04. The van der Waals surface area contributed by atoms with Crippen LogP contribution in [0.5, 0.6) is 0 Å². The molecule has 0 aromatic rings. The Balaban J connectivity index is 4.61. The summed E-state index contributed by atoms with van der Waals surface area (Å²) in [5.74, 6) is 0. The quantitative estimate of drug-likeness (QED) is 0.376. The fraction of sp³-hybridized carbons (Fsp3) is 0.500. The van der Waals surface area contributed by atoms with E-state index in [1.807, 2.05) is 36.4 Å². The molecule has 5 nitrogen and oxygen atoms in total. The summed E-state index contributed by atoms with van der Waals surface area (Å²) in [6.07, 6.45) is 3.75. The predicted octanol–water partition coefficient (Wildman–Crippen LogP) is 1.69. The van der Waals surface area contributed by atoms with E-state index in [9.17, 15) is 0 Å². The van der Waals surface area contributed by atoms with E-state index in [2.05, 4.69) is 15.5 Å². The van der Waals surface area contributed by atoms with Gasteiger partial charge in [-0.3, -0.25) is 10.4 Å². The van der Waals surface area contributed by atoms with Crippen molar-refractivity contribution in [1.29, 1.82) is 5.41 Å². The molecule has 0 saturated carbocycles. The molecule has 0 aliphatic heterocycles. The fourth-order valence-corrected chi connectivity index (χ4v) is 1.20. The smallest absolute Gasteiger partial charge is 0.116 e. The summed E-state index contributed by atoms with van der Waals surface area (Å²) in [7, 11) is 0. The molecular formula is C10H18IN5. The molecular weight excluding hydrogens is 317 g/mol. The molecule has 0 aromatic carbocycles. The zero-order valence-corrected chi connectivity index (χ0v) is 11.8. The molecule has 0 fully saturated rings. The Bertz CT molecular complexity index is 306. The first kappa shape index (κ1) is 15.1. The number of nitrogens with one attached hydrogen (secondary N) is 2. The van der Waals surface area contributed by atoms with Gasteiger partial charge < -0.3 is 11.2 Å². The molecule has 0 bridgehead atoms. The molecule has 90 valence electrons. The number of nitrogens with zero attached hydrogens (tertiary/aromatic N) is 2. The van der Waals surface area contributed by atoms with E-state index in [-0.39, 0.29) is 0 Å². The van der Waals surface area contributed by atoms with Crippen molar-refractivity contribution in [3.05, 3.63) is 11.8 Å². The van der Waals surface area contributed by atoms with Gasteiger partial charge in [0.25, 0.3) is 0 Å². The van der Waals surface area contributed by atoms with Gasteiger partial charge in [0.05, 0.1) is 5.71 Å². The summed E-state index contributed by atoms with van der Waals surface area (Å²) >= 11 is 1.93. The van der Waals surface area contributed by atoms with Gasteiger partial charge in [0.2, 0.25) is 0 Å². The Hall–Kier alpha value is -0.920. The van der Waals surface area contributed by atoms with Gasteiger partial charge in [-0.25, -0.2) is 0 Å². The fourth-order valence-electron chi connectivity index (χ4n) is 0.890. The lowest BCUT2D eigenvalue weighted by Crippen LogP contribution is -2.15. The summed E-state index contributed by atoms with van der Waals surface area (Å²) in [6, 6.07) is 0. The topological polar surface area (TPSA) is 86.6 Å². The zero-order chi connectivity index (χ0) is 12.4. The Morgan fingerprint density at radius 1 is 1.50 bits per heavy atom. The van der Waals surface area contributed by atoms with E-state index < -0.39 is 0 Å². The van der Waals surface area contributed by atoms with Crippen LogP contribution in [0.1, 0.15) is 20.3 Å². The molecule has 0 heterocycles. The number of hydrogen-bond donors (Lipinski definition) is 3. The largest absolute Gasteiger partial charge is 0.404 e. The van der Waals surface area contributed by atoms with E-state index in [0.717, 1.165) is 18.7 Å². The Labute approximate surface area is 110 Å². The summed E-state index contributed by atoms with van der Waals surface area (Å²) in [6.45, 7) is 5.37. The highest BCUT2D eigenvalue weighted by atomic mass is 127. The summed E-state index contributed by atoms with van der Waals surface area (Å²) < 4.78 is 0.405. The highest BCUT2D eigenvalue weighted by molar-refractivity contribution is 14.1. The van der Waals surface area contributed by atoms with E-state index in [0.29, 0.717) is 15.9 Å². The highest BCUT2D eigenvalue weighted by Gasteiger charge is 2.06. The van der Waals surface area contributed by atoms with Crippen LogP contribution >= 0.6 is 22.6 Å². The van der Waals surface area contributed by atoms with Crippen molar-refractivity contribution in [2.75, 3.05) is 13.1 Å². The molecule has 0 unspecified atom stereocenters. The molecule has 0 amide bonds. The zero-order valence-electron chi connectivity index (χ0n) is 9.63. The number of aliphatic imine (C=N–C) groups is 1. The van der Waals surface area contributed by atoms with Crippen molar-refractivity contribution >= 4 is 38.2 Å². The molecule has 0 rings (SSSR count). The van der Waals surface area contributed by atoms with Crippen LogP contribution in [-0.2, 0) is 0 Å². The van der Waals surface area contributed by atoms with Crippen LogP contribution in [0.4, 0.5) is 0 Å². The monoisotopic (exact) mass is 335 g/mol. The molecule has 0 aromatic heterocycles. The molecule has 16 heavy (non-hydrogen) atoms. The average molecular weight is 335 g/mol. The van der Waals surface area contributed by atoms with E-state index in [1.165, 1.54) is 6.20 Å². The predicted molar refractivity (Wildman–Crippen MR) is 78.8 cm³/mol. The minimum atomic E-state index is 0.405. The summed E-state index contributed by atoms with van der Waals surface area (Å²) in [5, 5.41) is 11.7. The summed E-state index contributed by atoms with van der Waals surface area (Å²) in [5.41, 5.74) is 9.86. The molecule has 0 spiro atoms. The van der Waals surface area contributed by atoms with Gasteiger partial charge in [0.1, 0.15) is 3.72 Å². The first-order chi connectivity index (χ1) is 7.65. The van der Waals surface area contributed by atoms with Crippen LogP contribution in [0.3, 0.4) is 0 Å². The second kappa shape index (κ2) is 9.32. The van der Waals surface area contributed by atoms with Gasteiger partial charge in [-0.1, -0.05) is 0 Å². The number of rotatable bonds is 7. The lowest BCUT2D eigenvalue weighted by molar-refractivity contribution is 0.782. The third-order valence-corrected chi connectivity index (χ3v) is 2.27. The van der Waals surface area contributed by atoms with Crippen molar-refractivity contribution in [3.63, 3.8) is 0 Å². The molecule has 0 aliphatic rings. The van der Waals surface area contributed by atoms with Gasteiger partial charge in [-0.05, 0) is 48.2 Å². The third kappa shape index (κ3) is 6.54. The van der Waals surface area contributed by atoms with Crippen LogP contribution in [0, 0.1) is 5.41 Å². The number of hydrogen-bond acceptors (Lipinski definition) is 5. The first-order valence-corrected chi connectivity index (χ1v) is 6.17. The molecule has 0 atom stereocenters. The van der Waals surface area contributed by atoms with Gasteiger partial charge in [-0.15, -0.1) is 0 Å². The maximum atomic E-state index is 7.58. The summed E-state index contributed by atoms with van der Waals surface area (Å²) in [4.78, 5) is 4.11. The Kier molecular flexibility index (Phi) is 8.78. The maximum absolute atomic E-state index is 7.58. The van der Waals surface area contributed by atoms with E-state index in [4.69, 9.17) is 11.1 Å². The molecule has 4 N–H and O–H groups in total. The second-order valence-corrected chi connectivity index (χ2v) is 4.01. The van der Waals surface area contributed by atoms with Gasteiger partial charge in [-0.2, -0.15) is 5.10 Å². The SMILES string of the molecule is CCN=CC(=CN)C/C(=N/NCC)C(=N)I. The van der Waals surface area contributed by atoms with Crippen molar-refractivity contribution < 1.29 is 0 Å². The lowest BCUT2D eigenvalue weighted by atomic mass is 10.1. The van der Waals surface area contributed by atoms with Crippen molar-refractivity contribution in [3.8, 4) is 0 Å². The minimum absolute atomic E-state index is 0.405. The van der Waals surface area contributed by atoms with Gasteiger partial charge in [0, 0.05) is 25.7 Å². The molecule has 0 aliphatic carbocycles. The first-order valence-electron chi connectivity index (χ1n) is 5.10. The van der Waals surface area contributed by atoms with Crippen LogP contribution in [0.2, 0.25) is 0 Å². The number of nitrogens with two attached hydrogens (primary N) is 1. The number of halogens is 1. The van der Waals surface area contributed by atoms with E-state index in [1.54, 1.807) is 6.21 Å². The molecule has 0 radical (unpaired) electrons. The van der Waals surface area contributed by atoms with Crippen LogP contribution in [0.15, 0.2) is 21.9 Å². The van der Waals surface area contributed by atoms with Crippen molar-refractivity contribution in [2.24, 2.45) is 15.8 Å². The van der Waals surface area contributed by atoms with Gasteiger partial charge >= 0.3 is 0 Å². The highest BCUT2D eigenvalue weighted by Crippen LogP contribution is 2.04. The van der Waals surface area contributed by atoms with Crippen LogP contribution in [-0.4, -0.2) is 28.7 Å². The van der Waals surface area contributed by atoms with Crippen LogP contribution < -0.4 is 11.2 Å². The van der Waals surface area contributed by atoms with Gasteiger partial charge in [0.15, 0.2) is 0 Å². The normalized spacial score (nSPS) is 13.2. The molecule has 0 saturated heterocycles. The van der Waals surface area contributed by atoms with Crippen molar-refractivity contribution in [2.45, 2.75) is 20.3 Å². The standard InChI is InChI=1S/C10H18IN5/c1-3-14-7-8(6-12)5-9(10(11)13)16-15-4-2/h6-7,13,15H,3-5,12H2,1-2H3/b8-6?,13-10?,14-7?,16-9-. The van der Waals surface area contributed by atoms with Crippen molar-refractivity contribution in [1.82, 2.24) is 5.43 Å². The Morgan fingerprint density at radius 3 is 2.62 bits per heavy atom. The van der Waals surface area contributed by atoms with Crippen LogP contribution in [0.25, 0.3) is 0 Å². The maximum Gasteiger partial charge on any atom is 0.116 e. The number of hydrazone groups is 1. The average Bonchev–Trinajstić information content (AvgIpc) is 2.28. The Morgan fingerprint density at radius 2 is 2.19 bits per heavy atom. The number of allylic oxidation sites excluding steroid dienone is 1. The minimum Gasteiger partial charge on any atom is -0.404 e.